The Balaban J connectivity index is 2.10. The number of phenolic OH excluding ortho intramolecular Hbond substituents is 1. The minimum absolute atomic E-state index is 0.127. The van der Waals surface area contributed by atoms with Crippen molar-refractivity contribution in [1.29, 1.82) is 0 Å². The molecule has 1 amide bonds. The molecule has 0 fully saturated rings. The Morgan fingerprint density at radius 1 is 1.32 bits per heavy atom. The van der Waals surface area contributed by atoms with Crippen LogP contribution in [-0.4, -0.2) is 24.3 Å². The molecule has 0 aliphatic heterocycles. The third-order valence-corrected chi connectivity index (χ3v) is 3.26. The average molecular weight is 339 g/mol. The van der Waals surface area contributed by atoms with E-state index in [4.69, 9.17) is 27.9 Å². The molecule has 0 aliphatic carbocycles. The predicted octanol–water partition coefficient (Wildman–Crippen LogP) is 3.47. The summed E-state index contributed by atoms with van der Waals surface area (Å²) in [6, 6.07) is 9.53. The molecule has 22 heavy (non-hydrogen) atoms. The number of hydrazone groups is 1. The molecule has 7 heteroatoms. The van der Waals surface area contributed by atoms with Crippen molar-refractivity contribution < 1.29 is 14.6 Å². The van der Waals surface area contributed by atoms with Gasteiger partial charge < -0.3 is 9.84 Å². The second kappa shape index (κ2) is 7.15. The number of hydrogen-bond donors (Lipinski definition) is 2. The van der Waals surface area contributed by atoms with Crippen LogP contribution in [0.15, 0.2) is 41.5 Å². The Morgan fingerprint density at radius 3 is 2.77 bits per heavy atom. The normalized spacial score (nSPS) is 10.7. The molecule has 0 saturated carbocycles. The lowest BCUT2D eigenvalue weighted by Crippen LogP contribution is -2.17. The number of hydrogen-bond acceptors (Lipinski definition) is 4. The van der Waals surface area contributed by atoms with Crippen LogP contribution in [0.4, 0.5) is 0 Å². The second-order valence-corrected chi connectivity index (χ2v) is 5.11. The van der Waals surface area contributed by atoms with Crippen LogP contribution in [0, 0.1) is 0 Å². The van der Waals surface area contributed by atoms with Crippen molar-refractivity contribution >= 4 is 35.3 Å². The number of amides is 1. The van der Waals surface area contributed by atoms with Crippen molar-refractivity contribution in [3.05, 3.63) is 57.6 Å². The summed E-state index contributed by atoms with van der Waals surface area (Å²) >= 11 is 11.7. The highest BCUT2D eigenvalue weighted by Gasteiger charge is 2.08. The second-order valence-electron chi connectivity index (χ2n) is 4.26. The van der Waals surface area contributed by atoms with E-state index in [1.165, 1.54) is 31.5 Å². The fraction of sp³-hybridized carbons (Fsp3) is 0.0667. The SMILES string of the molecule is COc1cc(/C=N/NC(=O)c2cccc(Cl)c2)cc(Cl)c1O. The summed E-state index contributed by atoms with van der Waals surface area (Å²) in [5.74, 6) is -0.324. The van der Waals surface area contributed by atoms with Gasteiger partial charge in [-0.15, -0.1) is 0 Å². The summed E-state index contributed by atoms with van der Waals surface area (Å²) in [6.07, 6.45) is 1.39. The van der Waals surface area contributed by atoms with Crippen LogP contribution in [0.3, 0.4) is 0 Å². The molecule has 2 aromatic carbocycles. The van der Waals surface area contributed by atoms with E-state index in [9.17, 15) is 9.90 Å². The minimum atomic E-state index is -0.393. The van der Waals surface area contributed by atoms with Gasteiger partial charge in [0.15, 0.2) is 11.5 Å². The van der Waals surface area contributed by atoms with Gasteiger partial charge in [-0.2, -0.15) is 5.10 Å². The molecule has 5 nitrogen and oxygen atoms in total. The van der Waals surface area contributed by atoms with Gasteiger partial charge in [-0.1, -0.05) is 29.3 Å². The van der Waals surface area contributed by atoms with Crippen LogP contribution in [0.2, 0.25) is 10.0 Å². The van der Waals surface area contributed by atoms with Gasteiger partial charge in [-0.25, -0.2) is 5.43 Å². The summed E-state index contributed by atoms with van der Waals surface area (Å²) in [5.41, 5.74) is 3.33. The molecule has 0 spiro atoms. The van der Waals surface area contributed by atoms with Gasteiger partial charge in [0.1, 0.15) is 0 Å². The monoisotopic (exact) mass is 338 g/mol. The Kier molecular flexibility index (Phi) is 5.25. The number of carbonyl (C=O) groups is 1. The van der Waals surface area contributed by atoms with Crippen molar-refractivity contribution in [3.8, 4) is 11.5 Å². The summed E-state index contributed by atoms with van der Waals surface area (Å²) in [7, 11) is 1.41. The van der Waals surface area contributed by atoms with Crippen LogP contribution < -0.4 is 10.2 Å². The number of carbonyl (C=O) groups excluding carboxylic acids is 1. The Labute approximate surface area is 137 Å². The van der Waals surface area contributed by atoms with Crippen molar-refractivity contribution in [3.63, 3.8) is 0 Å². The van der Waals surface area contributed by atoms with Gasteiger partial charge in [0, 0.05) is 10.6 Å². The fourth-order valence-electron chi connectivity index (χ4n) is 1.68. The van der Waals surface area contributed by atoms with Gasteiger partial charge in [-0.3, -0.25) is 4.79 Å². The van der Waals surface area contributed by atoms with Crippen LogP contribution >= 0.6 is 23.2 Å². The number of ether oxygens (including phenoxy) is 1. The van der Waals surface area contributed by atoms with E-state index >= 15 is 0 Å². The van der Waals surface area contributed by atoms with Crippen LogP contribution in [0.5, 0.6) is 11.5 Å². The lowest BCUT2D eigenvalue weighted by atomic mass is 10.2. The molecule has 0 unspecified atom stereocenters. The molecule has 0 heterocycles. The molecular weight excluding hydrogens is 327 g/mol. The third kappa shape index (κ3) is 3.90. The van der Waals surface area contributed by atoms with Crippen molar-refractivity contribution in [2.75, 3.05) is 7.11 Å². The average Bonchev–Trinajstić information content (AvgIpc) is 2.50. The van der Waals surface area contributed by atoms with Crippen molar-refractivity contribution in [2.45, 2.75) is 0 Å². The predicted molar refractivity (Wildman–Crippen MR) is 86.2 cm³/mol. The fourth-order valence-corrected chi connectivity index (χ4v) is 2.09. The molecule has 0 saturated heterocycles. The number of methoxy groups -OCH3 is 1. The number of nitrogens with zero attached hydrogens (tertiary/aromatic N) is 1. The lowest BCUT2D eigenvalue weighted by Gasteiger charge is -2.06. The highest BCUT2D eigenvalue weighted by Crippen LogP contribution is 2.34. The number of halogens is 2. The molecule has 0 bridgehead atoms. The number of benzene rings is 2. The first-order chi connectivity index (χ1) is 10.5. The Hall–Kier alpha value is -2.24. The topological polar surface area (TPSA) is 70.9 Å². The maximum Gasteiger partial charge on any atom is 0.271 e. The molecule has 2 aromatic rings. The quantitative estimate of drug-likeness (QED) is 0.662. The van der Waals surface area contributed by atoms with Crippen LogP contribution in [0.1, 0.15) is 15.9 Å². The summed E-state index contributed by atoms with van der Waals surface area (Å²) in [5, 5.41) is 14.0. The molecular formula is C15H12Cl2N2O3. The molecule has 0 aromatic heterocycles. The first kappa shape index (κ1) is 16.1. The maximum atomic E-state index is 11.9. The molecule has 0 radical (unpaired) electrons. The van der Waals surface area contributed by atoms with E-state index in [0.717, 1.165) is 0 Å². The molecule has 0 aliphatic rings. The summed E-state index contributed by atoms with van der Waals surface area (Å²) < 4.78 is 4.98. The number of nitrogens with one attached hydrogen (secondary N) is 1. The van der Waals surface area contributed by atoms with Gasteiger partial charge in [0.05, 0.1) is 18.3 Å². The van der Waals surface area contributed by atoms with Gasteiger partial charge in [0.2, 0.25) is 0 Å². The van der Waals surface area contributed by atoms with E-state index in [1.807, 2.05) is 0 Å². The number of aromatic hydroxyl groups is 1. The van der Waals surface area contributed by atoms with Crippen molar-refractivity contribution in [1.82, 2.24) is 5.43 Å². The van der Waals surface area contributed by atoms with E-state index < -0.39 is 5.91 Å². The lowest BCUT2D eigenvalue weighted by molar-refractivity contribution is 0.0955. The van der Waals surface area contributed by atoms with E-state index in [2.05, 4.69) is 10.5 Å². The van der Waals surface area contributed by atoms with Crippen LogP contribution in [-0.2, 0) is 0 Å². The van der Waals surface area contributed by atoms with E-state index in [-0.39, 0.29) is 16.5 Å². The highest BCUT2D eigenvalue weighted by molar-refractivity contribution is 6.32. The molecule has 2 N–H and O–H groups in total. The maximum absolute atomic E-state index is 11.9. The minimum Gasteiger partial charge on any atom is -0.503 e. The standard InChI is InChI=1S/C15H12Cl2N2O3/c1-22-13-6-9(5-12(17)14(13)20)8-18-19-15(21)10-3-2-4-11(16)7-10/h2-8,20H,1H3,(H,19,21)/b18-8+. The van der Waals surface area contributed by atoms with Gasteiger partial charge >= 0.3 is 0 Å². The first-order valence-corrected chi connectivity index (χ1v) is 6.92. The highest BCUT2D eigenvalue weighted by atomic mass is 35.5. The summed E-state index contributed by atoms with van der Waals surface area (Å²) in [4.78, 5) is 11.9. The van der Waals surface area contributed by atoms with Gasteiger partial charge in [0.25, 0.3) is 5.91 Å². The number of phenols is 1. The Morgan fingerprint density at radius 2 is 2.09 bits per heavy atom. The van der Waals surface area contributed by atoms with Crippen LogP contribution in [0.25, 0.3) is 0 Å². The molecule has 2 rings (SSSR count). The zero-order valence-electron chi connectivity index (χ0n) is 11.5. The van der Waals surface area contributed by atoms with E-state index in [1.54, 1.807) is 18.2 Å². The van der Waals surface area contributed by atoms with Gasteiger partial charge in [-0.05, 0) is 35.9 Å². The van der Waals surface area contributed by atoms with Crippen molar-refractivity contribution in [2.24, 2.45) is 5.10 Å². The zero-order valence-corrected chi connectivity index (χ0v) is 13.0. The third-order valence-electron chi connectivity index (χ3n) is 2.74. The molecule has 114 valence electrons. The molecule has 0 atom stereocenters. The van der Waals surface area contributed by atoms with E-state index in [0.29, 0.717) is 16.1 Å². The number of rotatable bonds is 4. The first-order valence-electron chi connectivity index (χ1n) is 6.16. The summed E-state index contributed by atoms with van der Waals surface area (Å²) in [6.45, 7) is 0. The Bertz CT molecular complexity index is 733. The largest absolute Gasteiger partial charge is 0.503 e. The zero-order chi connectivity index (χ0) is 16.1. The smallest absolute Gasteiger partial charge is 0.271 e.